The van der Waals surface area contributed by atoms with Crippen molar-refractivity contribution in [3.63, 3.8) is 0 Å². The molecule has 1 amide bonds. The molecule has 136 valence electrons. The van der Waals surface area contributed by atoms with E-state index >= 15 is 0 Å². The number of nitrogens with one attached hydrogen (secondary N) is 1. The molecular formula is C20H27FN2O2. The SMILES string of the molecule is O=C(NO)c1cc(F)c2c(c1)CCN([C@H]1CCC3(CCCCC3)C1)C2. The maximum Gasteiger partial charge on any atom is 0.274 e. The van der Waals surface area contributed by atoms with Crippen molar-refractivity contribution in [3.8, 4) is 0 Å². The average molecular weight is 346 g/mol. The van der Waals surface area contributed by atoms with Crippen molar-refractivity contribution < 1.29 is 14.4 Å². The lowest BCUT2D eigenvalue weighted by atomic mass is 9.73. The fourth-order valence-corrected chi connectivity index (χ4v) is 5.39. The topological polar surface area (TPSA) is 52.6 Å². The summed E-state index contributed by atoms with van der Waals surface area (Å²) in [6.07, 6.45) is 11.5. The van der Waals surface area contributed by atoms with Crippen LogP contribution in [-0.2, 0) is 13.0 Å². The third-order valence-corrected chi connectivity index (χ3v) is 6.79. The molecule has 2 aliphatic carbocycles. The van der Waals surface area contributed by atoms with Crippen molar-refractivity contribution in [3.05, 3.63) is 34.6 Å². The molecule has 2 saturated carbocycles. The number of rotatable bonds is 2. The van der Waals surface area contributed by atoms with Crippen LogP contribution >= 0.6 is 0 Å². The third-order valence-electron chi connectivity index (χ3n) is 6.79. The Morgan fingerprint density at radius 2 is 2.04 bits per heavy atom. The quantitative estimate of drug-likeness (QED) is 0.632. The molecule has 4 rings (SSSR count). The number of carbonyl (C=O) groups is 1. The maximum atomic E-state index is 14.5. The van der Waals surface area contributed by atoms with E-state index in [-0.39, 0.29) is 11.4 Å². The summed E-state index contributed by atoms with van der Waals surface area (Å²) in [6.45, 7) is 1.57. The van der Waals surface area contributed by atoms with E-state index in [4.69, 9.17) is 5.21 Å². The summed E-state index contributed by atoms with van der Waals surface area (Å²) in [6, 6.07) is 3.54. The van der Waals surface area contributed by atoms with E-state index in [1.54, 1.807) is 11.5 Å². The van der Waals surface area contributed by atoms with E-state index < -0.39 is 5.91 Å². The van der Waals surface area contributed by atoms with Gasteiger partial charge in [-0.2, -0.15) is 0 Å². The Kier molecular flexibility index (Phi) is 4.54. The molecule has 5 heteroatoms. The van der Waals surface area contributed by atoms with Crippen molar-refractivity contribution >= 4 is 5.91 Å². The van der Waals surface area contributed by atoms with Gasteiger partial charge in [-0.15, -0.1) is 0 Å². The largest absolute Gasteiger partial charge is 0.296 e. The van der Waals surface area contributed by atoms with Crippen LogP contribution in [0.5, 0.6) is 0 Å². The Morgan fingerprint density at radius 1 is 1.24 bits per heavy atom. The Balaban J connectivity index is 1.49. The second-order valence-corrected chi connectivity index (χ2v) is 8.21. The highest BCUT2D eigenvalue weighted by atomic mass is 19.1. The van der Waals surface area contributed by atoms with Gasteiger partial charge in [0.25, 0.3) is 5.91 Å². The summed E-state index contributed by atoms with van der Waals surface area (Å²) in [5.74, 6) is -0.981. The third kappa shape index (κ3) is 3.20. The summed E-state index contributed by atoms with van der Waals surface area (Å²) in [5.41, 5.74) is 3.97. The molecule has 1 aromatic rings. The second kappa shape index (κ2) is 6.69. The Labute approximate surface area is 148 Å². The van der Waals surface area contributed by atoms with Crippen LogP contribution in [0.2, 0.25) is 0 Å². The molecule has 2 fully saturated rings. The molecule has 1 aromatic carbocycles. The van der Waals surface area contributed by atoms with Crippen LogP contribution in [0.15, 0.2) is 12.1 Å². The molecule has 3 aliphatic rings. The molecule has 25 heavy (non-hydrogen) atoms. The van der Waals surface area contributed by atoms with E-state index in [0.29, 0.717) is 18.0 Å². The second-order valence-electron chi connectivity index (χ2n) is 8.21. The smallest absolute Gasteiger partial charge is 0.274 e. The molecule has 2 N–H and O–H groups in total. The Hall–Kier alpha value is -1.46. The van der Waals surface area contributed by atoms with Gasteiger partial charge in [-0.3, -0.25) is 14.9 Å². The highest BCUT2D eigenvalue weighted by Gasteiger charge is 2.42. The lowest BCUT2D eigenvalue weighted by Gasteiger charge is -2.37. The van der Waals surface area contributed by atoms with Crippen molar-refractivity contribution in [2.75, 3.05) is 6.54 Å². The molecule has 1 aliphatic heterocycles. The van der Waals surface area contributed by atoms with Gasteiger partial charge in [0.15, 0.2) is 0 Å². The Bertz CT molecular complexity index is 670. The number of amides is 1. The molecule has 0 radical (unpaired) electrons. The summed E-state index contributed by atoms with van der Waals surface area (Å²) in [7, 11) is 0. The van der Waals surface area contributed by atoms with E-state index in [1.165, 1.54) is 57.4 Å². The van der Waals surface area contributed by atoms with Crippen LogP contribution < -0.4 is 5.48 Å². The van der Waals surface area contributed by atoms with Crippen LogP contribution in [0.25, 0.3) is 0 Å². The number of hydroxylamine groups is 1. The standard InChI is InChI=1S/C20H27FN2O2/c21-18-11-15(19(24)22-25)10-14-5-9-23(13-17(14)18)16-4-8-20(12-16)6-2-1-3-7-20/h10-11,16,25H,1-9,12-13H2,(H,22,24)/t16-/m0/s1. The maximum absolute atomic E-state index is 14.5. The predicted molar refractivity (Wildman–Crippen MR) is 92.9 cm³/mol. The van der Waals surface area contributed by atoms with Crippen LogP contribution in [0.4, 0.5) is 4.39 Å². The first-order valence-electron chi connectivity index (χ1n) is 9.60. The molecule has 4 nitrogen and oxygen atoms in total. The summed E-state index contributed by atoms with van der Waals surface area (Å²) in [4.78, 5) is 14.0. The summed E-state index contributed by atoms with van der Waals surface area (Å²) in [5, 5.41) is 8.76. The number of nitrogens with zero attached hydrogens (tertiary/aromatic N) is 1. The van der Waals surface area contributed by atoms with E-state index in [1.807, 2.05) is 0 Å². The lowest BCUT2D eigenvalue weighted by molar-refractivity contribution is 0.0705. The number of carbonyl (C=O) groups excluding carboxylic acids is 1. The van der Waals surface area contributed by atoms with Gasteiger partial charge in [0.05, 0.1) is 0 Å². The first-order valence-corrected chi connectivity index (χ1v) is 9.60. The van der Waals surface area contributed by atoms with Crippen LogP contribution in [-0.4, -0.2) is 28.6 Å². The summed E-state index contributed by atoms with van der Waals surface area (Å²) >= 11 is 0. The average Bonchev–Trinajstić information content (AvgIpc) is 3.04. The zero-order valence-corrected chi connectivity index (χ0v) is 14.7. The van der Waals surface area contributed by atoms with Crippen LogP contribution in [0.1, 0.15) is 72.9 Å². The molecule has 1 spiro atoms. The minimum absolute atomic E-state index is 0.189. The number of halogens is 1. The van der Waals surface area contributed by atoms with E-state index in [9.17, 15) is 9.18 Å². The minimum atomic E-state index is -0.654. The molecule has 0 saturated heterocycles. The van der Waals surface area contributed by atoms with Gasteiger partial charge >= 0.3 is 0 Å². The van der Waals surface area contributed by atoms with Gasteiger partial charge in [0.1, 0.15) is 5.82 Å². The highest BCUT2D eigenvalue weighted by molar-refractivity contribution is 5.93. The van der Waals surface area contributed by atoms with Gasteiger partial charge in [-0.1, -0.05) is 19.3 Å². The van der Waals surface area contributed by atoms with Crippen molar-refractivity contribution in [2.45, 2.75) is 70.4 Å². The lowest BCUT2D eigenvalue weighted by Crippen LogP contribution is -2.39. The number of hydrogen-bond donors (Lipinski definition) is 2. The molecule has 1 heterocycles. The zero-order chi connectivity index (χ0) is 17.4. The first kappa shape index (κ1) is 17.0. The van der Waals surface area contributed by atoms with Crippen LogP contribution in [0.3, 0.4) is 0 Å². The van der Waals surface area contributed by atoms with Gasteiger partial charge in [0.2, 0.25) is 0 Å². The molecule has 1 atom stereocenters. The van der Waals surface area contributed by atoms with E-state index in [2.05, 4.69) is 4.90 Å². The number of hydrogen-bond acceptors (Lipinski definition) is 3. The van der Waals surface area contributed by atoms with Gasteiger partial charge < -0.3 is 0 Å². The number of benzene rings is 1. The molecule has 0 bridgehead atoms. The highest BCUT2D eigenvalue weighted by Crippen LogP contribution is 2.50. The fourth-order valence-electron chi connectivity index (χ4n) is 5.39. The first-order chi connectivity index (χ1) is 12.1. The molecule has 0 unspecified atom stereocenters. The van der Waals surface area contributed by atoms with Gasteiger partial charge in [0, 0.05) is 30.3 Å². The zero-order valence-electron chi connectivity index (χ0n) is 14.7. The van der Waals surface area contributed by atoms with E-state index in [0.717, 1.165) is 24.1 Å². The van der Waals surface area contributed by atoms with Crippen molar-refractivity contribution in [1.82, 2.24) is 10.4 Å². The summed E-state index contributed by atoms with van der Waals surface area (Å²) < 4.78 is 14.5. The predicted octanol–water partition coefficient (Wildman–Crippen LogP) is 3.81. The molecular weight excluding hydrogens is 319 g/mol. The van der Waals surface area contributed by atoms with Crippen LogP contribution in [0, 0.1) is 11.2 Å². The van der Waals surface area contributed by atoms with Crippen molar-refractivity contribution in [1.29, 1.82) is 0 Å². The minimum Gasteiger partial charge on any atom is -0.296 e. The van der Waals surface area contributed by atoms with Gasteiger partial charge in [-0.25, -0.2) is 9.87 Å². The number of fused-ring (bicyclic) bond motifs is 1. The fraction of sp³-hybridized carbons (Fsp3) is 0.650. The van der Waals surface area contributed by atoms with Gasteiger partial charge in [-0.05, 0) is 61.6 Å². The van der Waals surface area contributed by atoms with Crippen molar-refractivity contribution in [2.24, 2.45) is 5.41 Å². The monoisotopic (exact) mass is 346 g/mol. The normalized spacial score (nSPS) is 25.8. The Morgan fingerprint density at radius 3 is 2.80 bits per heavy atom. The molecule has 0 aromatic heterocycles.